The first-order valence-corrected chi connectivity index (χ1v) is 1.50. The van der Waals surface area contributed by atoms with Gasteiger partial charge in [-0.15, -0.1) is 0 Å². The van der Waals surface area contributed by atoms with Crippen molar-refractivity contribution in [1.29, 1.82) is 0 Å². The Kier molecular flexibility index (Phi) is 0.290. The highest BCUT2D eigenvalue weighted by molar-refractivity contribution is 5.27. The molecule has 0 fully saturated rings. The minimum atomic E-state index is 0.921. The zero-order chi connectivity index (χ0) is 3.70. The average molecular weight is 65.1 g/mol. The molecule has 0 atom stereocenters. The molecule has 1 aliphatic rings. The molecule has 1 nitrogen and oxygen atoms in total. The minimum absolute atomic E-state index is 0.921. The molecule has 5 heavy (non-hydrogen) atoms. The molecule has 0 unspecified atom stereocenters. The second-order valence-electron chi connectivity index (χ2n) is 1.01. The van der Waals surface area contributed by atoms with Crippen molar-refractivity contribution >= 4 is 0 Å². The molecule has 0 heterocycles. The molecule has 1 rings (SSSR count). The Hall–Kier alpha value is -0.770. The smallest absolute Gasteiger partial charge is 0.163 e. The molecule has 0 radical (unpaired) electrons. The molecule has 0 aromatic carbocycles. The zero-order valence-corrected chi connectivity index (χ0v) is 2.73. The van der Waals surface area contributed by atoms with Crippen molar-refractivity contribution in [2.45, 2.75) is 6.42 Å². The third-order valence-corrected chi connectivity index (χ3v) is 0.530. The molecule has 0 N–H and O–H groups in total. The Morgan fingerprint density at radius 3 is 2.60 bits per heavy atom. The summed E-state index contributed by atoms with van der Waals surface area (Å²) < 4.78 is 0. The van der Waals surface area contributed by atoms with Crippen LogP contribution in [0.2, 0.25) is 0 Å². The van der Waals surface area contributed by atoms with E-state index in [2.05, 4.69) is 4.85 Å². The van der Waals surface area contributed by atoms with Gasteiger partial charge in [-0.3, -0.25) is 0 Å². The van der Waals surface area contributed by atoms with Crippen LogP contribution in [0.4, 0.5) is 0 Å². The fourth-order valence-corrected chi connectivity index (χ4v) is 0.137. The summed E-state index contributed by atoms with van der Waals surface area (Å²) in [4.78, 5) is 3.11. The van der Waals surface area contributed by atoms with Crippen LogP contribution in [0.3, 0.4) is 0 Å². The van der Waals surface area contributed by atoms with Gasteiger partial charge in [-0.1, -0.05) is 6.08 Å². The topological polar surface area (TPSA) is 4.36 Å². The molecule has 24 valence electrons. The van der Waals surface area contributed by atoms with E-state index in [1.807, 2.05) is 6.08 Å². The van der Waals surface area contributed by atoms with Crippen LogP contribution in [0, 0.1) is 6.57 Å². The molecule has 1 aliphatic carbocycles. The predicted octanol–water partition coefficient (Wildman–Crippen LogP) is 1.19. The molecule has 0 amide bonds. The van der Waals surface area contributed by atoms with Gasteiger partial charge in [0.2, 0.25) is 0 Å². The molecule has 0 bridgehead atoms. The van der Waals surface area contributed by atoms with Gasteiger partial charge in [0.25, 0.3) is 0 Å². The summed E-state index contributed by atoms with van der Waals surface area (Å²) in [5.41, 5.74) is 0.921. The molecule has 0 aliphatic heterocycles. The largest absolute Gasteiger partial charge is 0.243 e. The van der Waals surface area contributed by atoms with Gasteiger partial charge in [0.05, 0.1) is 6.57 Å². The Morgan fingerprint density at radius 2 is 2.60 bits per heavy atom. The van der Waals surface area contributed by atoms with Gasteiger partial charge in [0.15, 0.2) is 5.70 Å². The van der Waals surface area contributed by atoms with Crippen molar-refractivity contribution in [3.63, 3.8) is 0 Å². The highest BCUT2D eigenvalue weighted by Gasteiger charge is 2.02. The third-order valence-electron chi connectivity index (χ3n) is 0.530. The van der Waals surface area contributed by atoms with Crippen LogP contribution < -0.4 is 0 Å². The number of rotatable bonds is 0. The highest BCUT2D eigenvalue weighted by atomic mass is 14.7. The first-order chi connectivity index (χ1) is 2.43. The Bertz CT molecular complexity index is 105. The summed E-state index contributed by atoms with van der Waals surface area (Å²) in [5, 5.41) is 0. The lowest BCUT2D eigenvalue weighted by molar-refractivity contribution is 1.59. The molecule has 0 spiro atoms. The summed E-state index contributed by atoms with van der Waals surface area (Å²) in [7, 11) is 0. The summed E-state index contributed by atoms with van der Waals surface area (Å²) >= 11 is 0. The van der Waals surface area contributed by atoms with Gasteiger partial charge < -0.3 is 0 Å². The minimum Gasteiger partial charge on any atom is -0.243 e. The molecule has 1 heteroatoms. The third kappa shape index (κ3) is 0.273. The van der Waals surface area contributed by atoms with Gasteiger partial charge in [-0.2, -0.15) is 0 Å². The predicted molar refractivity (Wildman–Crippen MR) is 19.3 cm³/mol. The standard InChI is InChI=1S/C4H3N/c1-5-4-2-3-4/h2H,3H2. The van der Waals surface area contributed by atoms with E-state index >= 15 is 0 Å². The van der Waals surface area contributed by atoms with Gasteiger partial charge >= 0.3 is 0 Å². The SMILES string of the molecule is [C-]#[N+]C1=CC1. The van der Waals surface area contributed by atoms with Gasteiger partial charge in [0.1, 0.15) is 0 Å². The molecular formula is C4H3N. The second kappa shape index (κ2) is 0.587. The second-order valence-corrected chi connectivity index (χ2v) is 1.01. The Balaban J connectivity index is 2.59. The van der Waals surface area contributed by atoms with Crippen LogP contribution in [-0.4, -0.2) is 0 Å². The lowest BCUT2D eigenvalue weighted by atomic mass is 10.8. The maximum atomic E-state index is 6.28. The van der Waals surface area contributed by atoms with Crippen LogP contribution in [-0.2, 0) is 0 Å². The van der Waals surface area contributed by atoms with Crippen LogP contribution in [0.5, 0.6) is 0 Å². The van der Waals surface area contributed by atoms with E-state index in [0.717, 1.165) is 12.1 Å². The molecule has 0 saturated carbocycles. The summed E-state index contributed by atoms with van der Waals surface area (Å²) in [6.07, 6.45) is 2.86. The van der Waals surface area contributed by atoms with Crippen molar-refractivity contribution in [3.8, 4) is 0 Å². The lowest BCUT2D eigenvalue weighted by Gasteiger charge is -1.49. The van der Waals surface area contributed by atoms with Gasteiger partial charge in [-0.25, -0.2) is 4.85 Å². The van der Waals surface area contributed by atoms with Crippen molar-refractivity contribution in [2.75, 3.05) is 0 Å². The van der Waals surface area contributed by atoms with E-state index in [4.69, 9.17) is 6.57 Å². The van der Waals surface area contributed by atoms with Gasteiger partial charge in [-0.05, 0) is 6.42 Å². The zero-order valence-electron chi connectivity index (χ0n) is 2.73. The molecule has 0 saturated heterocycles. The van der Waals surface area contributed by atoms with Crippen molar-refractivity contribution in [3.05, 3.63) is 23.2 Å². The van der Waals surface area contributed by atoms with E-state index in [0.29, 0.717) is 0 Å². The van der Waals surface area contributed by atoms with Crippen molar-refractivity contribution in [1.82, 2.24) is 0 Å². The Morgan fingerprint density at radius 1 is 2.00 bits per heavy atom. The fourth-order valence-electron chi connectivity index (χ4n) is 0.137. The van der Waals surface area contributed by atoms with E-state index in [1.165, 1.54) is 0 Å². The number of hydrogen-bond acceptors (Lipinski definition) is 0. The van der Waals surface area contributed by atoms with E-state index in [-0.39, 0.29) is 0 Å². The maximum absolute atomic E-state index is 6.28. The summed E-state index contributed by atoms with van der Waals surface area (Å²) in [6.45, 7) is 6.28. The van der Waals surface area contributed by atoms with E-state index in [1.54, 1.807) is 0 Å². The molecular weight excluding hydrogens is 62.1 g/mol. The van der Waals surface area contributed by atoms with Gasteiger partial charge in [0, 0.05) is 0 Å². The van der Waals surface area contributed by atoms with Crippen LogP contribution in [0.15, 0.2) is 11.8 Å². The fraction of sp³-hybridized carbons (Fsp3) is 0.250. The van der Waals surface area contributed by atoms with Crippen molar-refractivity contribution < 1.29 is 0 Å². The lowest BCUT2D eigenvalue weighted by Crippen LogP contribution is -1.29. The quantitative estimate of drug-likeness (QED) is 0.373. The highest BCUT2D eigenvalue weighted by Crippen LogP contribution is 2.17. The van der Waals surface area contributed by atoms with Crippen LogP contribution >= 0.6 is 0 Å². The van der Waals surface area contributed by atoms with E-state index < -0.39 is 0 Å². The summed E-state index contributed by atoms with van der Waals surface area (Å²) in [6, 6.07) is 0. The maximum Gasteiger partial charge on any atom is 0.163 e. The number of hydrogen-bond donors (Lipinski definition) is 0. The molecule has 0 aromatic heterocycles. The van der Waals surface area contributed by atoms with Crippen LogP contribution in [0.1, 0.15) is 6.42 Å². The molecule has 0 aromatic rings. The number of allylic oxidation sites excluding steroid dienone is 2. The summed E-state index contributed by atoms with van der Waals surface area (Å²) in [5.74, 6) is 0. The van der Waals surface area contributed by atoms with Crippen molar-refractivity contribution in [2.24, 2.45) is 0 Å². The van der Waals surface area contributed by atoms with Crippen LogP contribution in [0.25, 0.3) is 4.85 Å². The first kappa shape index (κ1) is 2.47. The first-order valence-electron chi connectivity index (χ1n) is 1.50. The average Bonchev–Trinajstić information content (AvgIpc) is 2.12. The Labute approximate surface area is 30.7 Å². The normalized spacial score (nSPS) is 16.2. The number of nitrogens with zero attached hydrogens (tertiary/aromatic N) is 1. The van der Waals surface area contributed by atoms with E-state index in [9.17, 15) is 0 Å². The monoisotopic (exact) mass is 65.0 g/mol.